The lowest BCUT2D eigenvalue weighted by atomic mass is 10.0. The van der Waals surface area contributed by atoms with Crippen LogP contribution in [-0.2, 0) is 14.3 Å². The van der Waals surface area contributed by atoms with Crippen LogP contribution in [0.1, 0.15) is 24.4 Å². The van der Waals surface area contributed by atoms with E-state index < -0.39 is 11.8 Å². The Labute approximate surface area is 154 Å². The van der Waals surface area contributed by atoms with Crippen molar-refractivity contribution < 1.29 is 14.3 Å². The van der Waals surface area contributed by atoms with Crippen molar-refractivity contribution in [2.24, 2.45) is 0 Å². The minimum absolute atomic E-state index is 0.0211. The van der Waals surface area contributed by atoms with Gasteiger partial charge in [-0.1, -0.05) is 12.1 Å². The summed E-state index contributed by atoms with van der Waals surface area (Å²) in [5.41, 5.74) is 2.25. The molecule has 1 saturated carbocycles. The van der Waals surface area contributed by atoms with Crippen LogP contribution in [0.3, 0.4) is 0 Å². The number of carbonyl (C=O) groups excluding carboxylic acids is 2. The number of rotatable bonds is 6. The van der Waals surface area contributed by atoms with Crippen LogP contribution < -0.4 is 15.5 Å². The number of benzene rings is 1. The van der Waals surface area contributed by atoms with Gasteiger partial charge in [0.05, 0.1) is 19.3 Å². The fourth-order valence-corrected chi connectivity index (χ4v) is 3.09. The maximum absolute atomic E-state index is 12.1. The summed E-state index contributed by atoms with van der Waals surface area (Å²) in [5.74, 6) is -1.09. The molecule has 7 nitrogen and oxygen atoms in total. The van der Waals surface area contributed by atoms with E-state index in [2.05, 4.69) is 44.7 Å². The Kier molecular flexibility index (Phi) is 6.11. The number of ether oxygens (including phenoxy) is 1. The third kappa shape index (κ3) is 4.95. The molecule has 142 valence electrons. The Hall–Kier alpha value is -2.12. The van der Waals surface area contributed by atoms with Gasteiger partial charge < -0.3 is 20.3 Å². The number of nitrogens with zero attached hydrogens (tertiary/aromatic N) is 2. The molecule has 2 fully saturated rings. The number of hydrogen-bond donors (Lipinski definition) is 2. The van der Waals surface area contributed by atoms with Crippen molar-refractivity contribution in [1.82, 2.24) is 15.5 Å². The normalized spacial score (nSPS) is 18.8. The van der Waals surface area contributed by atoms with E-state index in [-0.39, 0.29) is 12.1 Å². The summed E-state index contributed by atoms with van der Waals surface area (Å²) in [6.07, 6.45) is 1.93. The highest BCUT2D eigenvalue weighted by atomic mass is 16.5. The van der Waals surface area contributed by atoms with Crippen LogP contribution in [-0.4, -0.2) is 69.7 Å². The summed E-state index contributed by atoms with van der Waals surface area (Å²) < 4.78 is 5.45. The molecule has 1 aliphatic heterocycles. The number of carbonyl (C=O) groups is 2. The highest BCUT2D eigenvalue weighted by molar-refractivity contribution is 6.35. The van der Waals surface area contributed by atoms with Crippen molar-refractivity contribution in [1.29, 1.82) is 0 Å². The fraction of sp³-hybridized carbons (Fsp3) is 0.579. The van der Waals surface area contributed by atoms with Crippen molar-refractivity contribution in [3.05, 3.63) is 29.8 Å². The second-order valence-electron chi connectivity index (χ2n) is 7.11. The SMILES string of the molecule is CN(C)c1ccc([C@@H](CNC(=O)C(=O)NC2CC2)N2CCOCC2)cc1. The first-order valence-corrected chi connectivity index (χ1v) is 9.22. The maximum atomic E-state index is 12.1. The van der Waals surface area contributed by atoms with Gasteiger partial charge in [-0.2, -0.15) is 0 Å². The molecule has 2 amide bonds. The van der Waals surface area contributed by atoms with Gasteiger partial charge in [-0.3, -0.25) is 14.5 Å². The largest absolute Gasteiger partial charge is 0.379 e. The monoisotopic (exact) mass is 360 g/mol. The zero-order valence-corrected chi connectivity index (χ0v) is 15.5. The van der Waals surface area contributed by atoms with Crippen molar-refractivity contribution in [3.63, 3.8) is 0 Å². The first-order chi connectivity index (χ1) is 12.5. The summed E-state index contributed by atoms with van der Waals surface area (Å²) in [7, 11) is 4.01. The Morgan fingerprint density at radius 3 is 2.38 bits per heavy atom. The minimum atomic E-state index is -0.555. The molecule has 1 aromatic rings. The predicted octanol–water partition coefficient (Wildman–Crippen LogP) is 0.521. The minimum Gasteiger partial charge on any atom is -0.379 e. The summed E-state index contributed by atoms with van der Waals surface area (Å²) in [6.45, 7) is 3.39. The lowest BCUT2D eigenvalue weighted by Crippen LogP contribution is -2.47. The van der Waals surface area contributed by atoms with Crippen LogP contribution in [0.15, 0.2) is 24.3 Å². The van der Waals surface area contributed by atoms with Gasteiger partial charge in [-0.25, -0.2) is 0 Å². The maximum Gasteiger partial charge on any atom is 0.309 e. The average Bonchev–Trinajstić information content (AvgIpc) is 3.47. The van der Waals surface area contributed by atoms with Gasteiger partial charge in [0.25, 0.3) is 0 Å². The number of anilines is 1. The quantitative estimate of drug-likeness (QED) is 0.724. The van der Waals surface area contributed by atoms with Crippen molar-refractivity contribution in [3.8, 4) is 0 Å². The second-order valence-corrected chi connectivity index (χ2v) is 7.11. The number of morpholine rings is 1. The topological polar surface area (TPSA) is 73.9 Å². The number of hydrogen-bond acceptors (Lipinski definition) is 5. The lowest BCUT2D eigenvalue weighted by molar-refractivity contribution is -0.139. The first kappa shape index (κ1) is 18.7. The molecule has 1 atom stereocenters. The second kappa shape index (κ2) is 8.51. The predicted molar refractivity (Wildman–Crippen MR) is 100 cm³/mol. The molecular formula is C19H28N4O3. The molecular weight excluding hydrogens is 332 g/mol. The molecule has 3 rings (SSSR count). The molecule has 7 heteroatoms. The third-order valence-electron chi connectivity index (χ3n) is 4.86. The number of amides is 2. The Morgan fingerprint density at radius 1 is 1.15 bits per heavy atom. The van der Waals surface area contributed by atoms with Gasteiger partial charge in [-0.05, 0) is 30.5 Å². The highest BCUT2D eigenvalue weighted by Gasteiger charge is 2.28. The standard InChI is InChI=1S/C19H28N4O3/c1-22(2)16-7-3-14(4-8-16)17(23-9-11-26-12-10-23)13-20-18(24)19(25)21-15-5-6-15/h3-4,7-8,15,17H,5-6,9-13H2,1-2H3,(H,20,24)(H,21,25)/t17-/m1/s1. The molecule has 1 saturated heterocycles. The van der Waals surface area contributed by atoms with Gasteiger partial charge in [0.15, 0.2) is 0 Å². The molecule has 1 heterocycles. The van der Waals surface area contributed by atoms with Crippen LogP contribution in [0.4, 0.5) is 5.69 Å². The molecule has 0 unspecified atom stereocenters. The molecule has 0 bridgehead atoms. The van der Waals surface area contributed by atoms with Gasteiger partial charge in [0.2, 0.25) is 0 Å². The molecule has 1 aliphatic carbocycles. The van der Waals surface area contributed by atoms with Crippen molar-refractivity contribution in [2.75, 3.05) is 51.8 Å². The van der Waals surface area contributed by atoms with E-state index in [0.29, 0.717) is 19.8 Å². The summed E-state index contributed by atoms with van der Waals surface area (Å²) in [6, 6.07) is 8.53. The smallest absolute Gasteiger partial charge is 0.309 e. The van der Waals surface area contributed by atoms with Crippen molar-refractivity contribution >= 4 is 17.5 Å². The molecule has 1 aromatic carbocycles. The number of nitrogens with one attached hydrogen (secondary N) is 2. The fourth-order valence-electron chi connectivity index (χ4n) is 3.09. The van der Waals surface area contributed by atoms with Crippen LogP contribution >= 0.6 is 0 Å². The van der Waals surface area contributed by atoms with E-state index in [1.54, 1.807) is 0 Å². The van der Waals surface area contributed by atoms with Crippen molar-refractivity contribution in [2.45, 2.75) is 24.9 Å². The molecule has 0 radical (unpaired) electrons. The van der Waals surface area contributed by atoms with E-state index in [0.717, 1.165) is 37.2 Å². The van der Waals surface area contributed by atoms with E-state index in [9.17, 15) is 9.59 Å². The lowest BCUT2D eigenvalue weighted by Gasteiger charge is -2.35. The summed E-state index contributed by atoms with van der Waals surface area (Å²) in [5, 5.41) is 5.53. The van der Waals surface area contributed by atoms with Gasteiger partial charge >= 0.3 is 11.8 Å². The van der Waals surface area contributed by atoms with Gasteiger partial charge in [0, 0.05) is 45.5 Å². The Morgan fingerprint density at radius 2 is 1.81 bits per heavy atom. The highest BCUT2D eigenvalue weighted by Crippen LogP contribution is 2.24. The zero-order valence-electron chi connectivity index (χ0n) is 15.5. The molecule has 2 aliphatic rings. The summed E-state index contributed by atoms with van der Waals surface area (Å²) >= 11 is 0. The Bertz CT molecular complexity index is 622. The van der Waals surface area contributed by atoms with Crippen LogP contribution in [0.25, 0.3) is 0 Å². The van der Waals surface area contributed by atoms with Gasteiger partial charge in [0.1, 0.15) is 0 Å². The summed E-state index contributed by atoms with van der Waals surface area (Å²) in [4.78, 5) is 28.3. The first-order valence-electron chi connectivity index (χ1n) is 9.22. The zero-order chi connectivity index (χ0) is 18.5. The average molecular weight is 360 g/mol. The molecule has 26 heavy (non-hydrogen) atoms. The van der Waals surface area contributed by atoms with Crippen LogP contribution in [0.5, 0.6) is 0 Å². The Balaban J connectivity index is 1.66. The van der Waals surface area contributed by atoms with Crippen LogP contribution in [0.2, 0.25) is 0 Å². The molecule has 0 spiro atoms. The van der Waals surface area contributed by atoms with E-state index in [4.69, 9.17) is 4.74 Å². The van der Waals surface area contributed by atoms with E-state index in [1.807, 2.05) is 14.1 Å². The van der Waals surface area contributed by atoms with E-state index in [1.165, 1.54) is 0 Å². The van der Waals surface area contributed by atoms with Gasteiger partial charge in [-0.15, -0.1) is 0 Å². The van der Waals surface area contributed by atoms with Crippen LogP contribution in [0, 0.1) is 0 Å². The molecule has 2 N–H and O–H groups in total. The third-order valence-corrected chi connectivity index (χ3v) is 4.86. The van der Waals surface area contributed by atoms with E-state index >= 15 is 0 Å². The molecule has 0 aromatic heterocycles.